The third-order valence-electron chi connectivity index (χ3n) is 3.15. The molecule has 0 fully saturated rings. The lowest BCUT2D eigenvalue weighted by Crippen LogP contribution is -2.15. The van der Waals surface area contributed by atoms with Crippen molar-refractivity contribution in [3.63, 3.8) is 0 Å². The second-order valence-electron chi connectivity index (χ2n) is 4.91. The fraction of sp³-hybridized carbons (Fsp3) is 0.222. The van der Waals surface area contributed by atoms with Crippen molar-refractivity contribution in [2.24, 2.45) is 0 Å². The third kappa shape index (κ3) is 4.75. The number of carbonyl (C=O) groups excluding carboxylic acids is 1. The van der Waals surface area contributed by atoms with E-state index >= 15 is 0 Å². The molecule has 5 nitrogen and oxygen atoms in total. The van der Waals surface area contributed by atoms with E-state index in [0.29, 0.717) is 17.1 Å². The first-order chi connectivity index (χ1) is 11.1. The Balaban J connectivity index is 1.84. The van der Waals surface area contributed by atoms with Crippen LogP contribution >= 0.6 is 0 Å². The van der Waals surface area contributed by atoms with Gasteiger partial charge in [0.2, 0.25) is 0 Å². The predicted octanol–water partition coefficient (Wildman–Crippen LogP) is 3.00. The number of nitriles is 1. The second kappa shape index (κ2) is 7.85. The fourth-order valence-corrected chi connectivity index (χ4v) is 1.91. The lowest BCUT2D eigenvalue weighted by Gasteiger charge is -2.11. The molecule has 0 spiro atoms. The lowest BCUT2D eigenvalue weighted by atomic mass is 10.2. The lowest BCUT2D eigenvalue weighted by molar-refractivity contribution is -0.147. The Kier molecular flexibility index (Phi) is 5.59. The van der Waals surface area contributed by atoms with Gasteiger partial charge in [0, 0.05) is 0 Å². The second-order valence-corrected chi connectivity index (χ2v) is 4.91. The fourth-order valence-electron chi connectivity index (χ4n) is 1.91. The Morgan fingerprint density at radius 3 is 2.52 bits per heavy atom. The van der Waals surface area contributed by atoms with Crippen LogP contribution in [0.4, 0.5) is 0 Å². The summed E-state index contributed by atoms with van der Waals surface area (Å²) in [5.41, 5.74) is 2.41. The van der Waals surface area contributed by atoms with Gasteiger partial charge in [-0.3, -0.25) is 0 Å². The standard InChI is InChI=1S/C18H17NO4/c1-13-3-8-16(17(9-13)21-2)22-12-18(20)23-11-15-6-4-14(10-19)5-7-15/h3-9H,11-12H2,1-2H3. The van der Waals surface area contributed by atoms with Crippen LogP contribution < -0.4 is 9.47 Å². The van der Waals surface area contributed by atoms with Crippen LogP contribution in [0.1, 0.15) is 16.7 Å². The largest absolute Gasteiger partial charge is 0.493 e. The van der Waals surface area contributed by atoms with Crippen LogP contribution in [0.25, 0.3) is 0 Å². The summed E-state index contributed by atoms with van der Waals surface area (Å²) < 4.78 is 15.8. The molecule has 0 unspecified atom stereocenters. The van der Waals surface area contributed by atoms with E-state index in [0.717, 1.165) is 11.1 Å². The van der Waals surface area contributed by atoms with Gasteiger partial charge in [0.25, 0.3) is 0 Å². The zero-order valence-corrected chi connectivity index (χ0v) is 13.0. The van der Waals surface area contributed by atoms with Gasteiger partial charge in [0.1, 0.15) is 6.61 Å². The van der Waals surface area contributed by atoms with Crippen molar-refractivity contribution < 1.29 is 19.0 Å². The van der Waals surface area contributed by atoms with E-state index in [1.54, 1.807) is 37.4 Å². The van der Waals surface area contributed by atoms with Crippen molar-refractivity contribution in [2.75, 3.05) is 13.7 Å². The molecule has 0 aliphatic rings. The maximum atomic E-state index is 11.7. The van der Waals surface area contributed by atoms with Crippen molar-refractivity contribution in [1.29, 1.82) is 5.26 Å². The first kappa shape index (κ1) is 16.4. The number of aryl methyl sites for hydroxylation is 1. The molecule has 2 aromatic rings. The quantitative estimate of drug-likeness (QED) is 0.767. The monoisotopic (exact) mass is 311 g/mol. The molecular weight excluding hydrogens is 294 g/mol. The summed E-state index contributed by atoms with van der Waals surface area (Å²) in [5.74, 6) is 0.593. The SMILES string of the molecule is COc1cc(C)ccc1OCC(=O)OCc1ccc(C#N)cc1. The zero-order valence-electron chi connectivity index (χ0n) is 13.0. The number of hydrogen-bond donors (Lipinski definition) is 0. The third-order valence-corrected chi connectivity index (χ3v) is 3.15. The Morgan fingerprint density at radius 1 is 1.13 bits per heavy atom. The molecular formula is C18H17NO4. The van der Waals surface area contributed by atoms with Crippen molar-refractivity contribution >= 4 is 5.97 Å². The van der Waals surface area contributed by atoms with Gasteiger partial charge >= 0.3 is 5.97 Å². The van der Waals surface area contributed by atoms with Crippen molar-refractivity contribution in [1.82, 2.24) is 0 Å². The summed E-state index contributed by atoms with van der Waals surface area (Å²) in [7, 11) is 1.55. The van der Waals surface area contributed by atoms with Crippen LogP contribution in [-0.2, 0) is 16.1 Å². The number of benzene rings is 2. The minimum atomic E-state index is -0.475. The number of nitrogens with zero attached hydrogens (tertiary/aromatic N) is 1. The maximum absolute atomic E-state index is 11.7. The van der Waals surface area contributed by atoms with E-state index in [-0.39, 0.29) is 13.2 Å². The molecule has 0 saturated carbocycles. The van der Waals surface area contributed by atoms with E-state index in [1.807, 2.05) is 25.1 Å². The highest BCUT2D eigenvalue weighted by Crippen LogP contribution is 2.27. The molecule has 0 atom stereocenters. The molecule has 118 valence electrons. The van der Waals surface area contributed by atoms with Crippen molar-refractivity contribution in [2.45, 2.75) is 13.5 Å². The van der Waals surface area contributed by atoms with Crippen molar-refractivity contribution in [3.05, 3.63) is 59.2 Å². The van der Waals surface area contributed by atoms with Gasteiger partial charge in [-0.25, -0.2) is 4.79 Å². The minimum absolute atomic E-state index is 0.138. The Morgan fingerprint density at radius 2 is 1.87 bits per heavy atom. The van der Waals surface area contributed by atoms with Gasteiger partial charge in [-0.1, -0.05) is 18.2 Å². The number of ether oxygens (including phenoxy) is 3. The molecule has 0 aliphatic carbocycles. The minimum Gasteiger partial charge on any atom is -0.493 e. The topological polar surface area (TPSA) is 68.6 Å². The van der Waals surface area contributed by atoms with Crippen LogP contribution in [0.15, 0.2) is 42.5 Å². The maximum Gasteiger partial charge on any atom is 0.344 e. The summed E-state index contributed by atoms with van der Waals surface area (Å²) in [6.07, 6.45) is 0. The molecule has 5 heteroatoms. The smallest absolute Gasteiger partial charge is 0.344 e. The van der Waals surface area contributed by atoms with Gasteiger partial charge in [-0.2, -0.15) is 5.26 Å². The summed E-state index contributed by atoms with van der Waals surface area (Å²) in [4.78, 5) is 11.7. The van der Waals surface area contributed by atoms with E-state index < -0.39 is 5.97 Å². The zero-order chi connectivity index (χ0) is 16.7. The van der Waals surface area contributed by atoms with Crippen LogP contribution in [-0.4, -0.2) is 19.7 Å². The Labute approximate surface area is 135 Å². The number of esters is 1. The molecule has 0 heterocycles. The summed E-state index contributed by atoms with van der Waals surface area (Å²) >= 11 is 0. The van der Waals surface area contributed by atoms with E-state index in [9.17, 15) is 4.79 Å². The molecule has 23 heavy (non-hydrogen) atoms. The molecule has 0 amide bonds. The number of hydrogen-bond acceptors (Lipinski definition) is 5. The predicted molar refractivity (Wildman–Crippen MR) is 84.2 cm³/mol. The van der Waals surface area contributed by atoms with Crippen LogP contribution in [0.5, 0.6) is 11.5 Å². The Bertz CT molecular complexity index is 717. The van der Waals surface area contributed by atoms with Gasteiger partial charge in [0.05, 0.1) is 18.7 Å². The average molecular weight is 311 g/mol. The highest BCUT2D eigenvalue weighted by molar-refractivity contribution is 5.71. The number of methoxy groups -OCH3 is 1. The molecule has 2 rings (SSSR count). The van der Waals surface area contributed by atoms with E-state index in [1.165, 1.54) is 0 Å². The van der Waals surface area contributed by atoms with Gasteiger partial charge in [0.15, 0.2) is 18.1 Å². The van der Waals surface area contributed by atoms with Crippen LogP contribution in [0, 0.1) is 18.3 Å². The Hall–Kier alpha value is -3.00. The van der Waals surface area contributed by atoms with Gasteiger partial charge < -0.3 is 14.2 Å². The first-order valence-electron chi connectivity index (χ1n) is 7.04. The first-order valence-corrected chi connectivity index (χ1v) is 7.04. The summed E-state index contributed by atoms with van der Waals surface area (Å²) in [5, 5.41) is 8.72. The molecule has 2 aromatic carbocycles. The summed E-state index contributed by atoms with van der Waals surface area (Å²) in [6.45, 7) is 1.88. The van der Waals surface area contributed by atoms with E-state index in [2.05, 4.69) is 0 Å². The molecule has 0 N–H and O–H groups in total. The van der Waals surface area contributed by atoms with Crippen LogP contribution in [0.2, 0.25) is 0 Å². The van der Waals surface area contributed by atoms with Crippen LogP contribution in [0.3, 0.4) is 0 Å². The number of carbonyl (C=O) groups is 1. The molecule has 0 saturated heterocycles. The van der Waals surface area contributed by atoms with Gasteiger partial charge in [-0.05, 0) is 42.3 Å². The normalized spacial score (nSPS) is 9.78. The molecule has 0 radical (unpaired) electrons. The molecule has 0 aromatic heterocycles. The van der Waals surface area contributed by atoms with Gasteiger partial charge in [-0.15, -0.1) is 0 Å². The van der Waals surface area contributed by atoms with Crippen molar-refractivity contribution in [3.8, 4) is 17.6 Å². The van der Waals surface area contributed by atoms with E-state index in [4.69, 9.17) is 19.5 Å². The highest BCUT2D eigenvalue weighted by Gasteiger charge is 2.09. The average Bonchev–Trinajstić information content (AvgIpc) is 2.59. The number of rotatable bonds is 6. The molecule has 0 aliphatic heterocycles. The molecule has 0 bridgehead atoms. The highest BCUT2D eigenvalue weighted by atomic mass is 16.6. The summed E-state index contributed by atoms with van der Waals surface area (Å²) in [6, 6.07) is 14.3.